The predicted molar refractivity (Wildman–Crippen MR) is 55.6 cm³/mol. The van der Waals surface area contributed by atoms with Crippen LogP contribution in [0, 0.1) is 0 Å². The summed E-state index contributed by atoms with van der Waals surface area (Å²) >= 11 is 3.72. The van der Waals surface area contributed by atoms with Gasteiger partial charge in [0.15, 0.2) is 5.12 Å². The SMILES string of the molecule is CCN(CC)CCCCC(=O)S. The van der Waals surface area contributed by atoms with Crippen LogP contribution in [-0.4, -0.2) is 29.6 Å². The summed E-state index contributed by atoms with van der Waals surface area (Å²) in [5.41, 5.74) is 0. The molecule has 0 aliphatic carbocycles. The van der Waals surface area contributed by atoms with Gasteiger partial charge in [-0.25, -0.2) is 0 Å². The van der Waals surface area contributed by atoms with Crippen LogP contribution in [0.25, 0.3) is 0 Å². The van der Waals surface area contributed by atoms with Gasteiger partial charge in [-0.2, -0.15) is 0 Å². The lowest BCUT2D eigenvalue weighted by Gasteiger charge is -2.17. The van der Waals surface area contributed by atoms with Gasteiger partial charge in [-0.1, -0.05) is 13.8 Å². The Labute approximate surface area is 80.7 Å². The first-order valence-corrected chi connectivity index (χ1v) is 5.09. The molecular formula is C9H19NOS. The molecule has 0 bridgehead atoms. The number of thiol groups is 1. The van der Waals surface area contributed by atoms with E-state index in [9.17, 15) is 4.79 Å². The predicted octanol–water partition coefficient (Wildman–Crippen LogP) is 1.95. The van der Waals surface area contributed by atoms with E-state index in [0.29, 0.717) is 6.42 Å². The second-order valence-electron chi connectivity index (χ2n) is 2.88. The zero-order valence-electron chi connectivity index (χ0n) is 8.05. The summed E-state index contributed by atoms with van der Waals surface area (Å²) in [6, 6.07) is 0. The third-order valence-electron chi connectivity index (χ3n) is 2.01. The van der Waals surface area contributed by atoms with Crippen molar-refractivity contribution < 1.29 is 4.79 Å². The number of rotatable bonds is 7. The van der Waals surface area contributed by atoms with E-state index in [4.69, 9.17) is 0 Å². The van der Waals surface area contributed by atoms with E-state index in [0.717, 1.165) is 32.5 Å². The topological polar surface area (TPSA) is 20.3 Å². The minimum Gasteiger partial charge on any atom is -0.304 e. The Morgan fingerprint density at radius 1 is 1.25 bits per heavy atom. The second-order valence-corrected chi connectivity index (χ2v) is 3.38. The van der Waals surface area contributed by atoms with E-state index in [1.54, 1.807) is 0 Å². The van der Waals surface area contributed by atoms with Crippen LogP contribution >= 0.6 is 12.6 Å². The van der Waals surface area contributed by atoms with Crippen molar-refractivity contribution in [3.8, 4) is 0 Å². The standard InChI is InChI=1S/C9H19NOS/c1-3-10(4-2)8-6-5-7-9(11)12/h3-8H2,1-2H3,(H,11,12). The highest BCUT2D eigenvalue weighted by Gasteiger charge is 1.99. The largest absolute Gasteiger partial charge is 0.304 e. The van der Waals surface area contributed by atoms with Gasteiger partial charge in [0.25, 0.3) is 0 Å². The van der Waals surface area contributed by atoms with Gasteiger partial charge in [0.1, 0.15) is 0 Å². The molecule has 0 unspecified atom stereocenters. The van der Waals surface area contributed by atoms with E-state index < -0.39 is 0 Å². The third kappa shape index (κ3) is 6.68. The number of carbonyl (C=O) groups excluding carboxylic acids is 1. The molecule has 0 rings (SSSR count). The summed E-state index contributed by atoms with van der Waals surface area (Å²) in [6.45, 7) is 7.63. The molecule has 0 aromatic heterocycles. The van der Waals surface area contributed by atoms with Crippen molar-refractivity contribution in [3.05, 3.63) is 0 Å². The van der Waals surface area contributed by atoms with Gasteiger partial charge in [-0.3, -0.25) is 4.79 Å². The molecule has 2 nitrogen and oxygen atoms in total. The monoisotopic (exact) mass is 189 g/mol. The first kappa shape index (κ1) is 12.0. The van der Waals surface area contributed by atoms with Gasteiger partial charge in [-0.15, -0.1) is 12.6 Å². The van der Waals surface area contributed by atoms with Crippen LogP contribution in [-0.2, 0) is 4.79 Å². The van der Waals surface area contributed by atoms with Gasteiger partial charge in [0, 0.05) is 6.42 Å². The lowest BCUT2D eigenvalue weighted by atomic mass is 10.2. The Hall–Kier alpha value is -0.0200. The summed E-state index contributed by atoms with van der Waals surface area (Å²) in [5.74, 6) is 0. The average molecular weight is 189 g/mol. The quantitative estimate of drug-likeness (QED) is 0.488. The smallest absolute Gasteiger partial charge is 0.185 e. The Morgan fingerprint density at radius 3 is 2.25 bits per heavy atom. The molecule has 0 fully saturated rings. The molecule has 0 aliphatic rings. The van der Waals surface area contributed by atoms with Crippen LogP contribution < -0.4 is 0 Å². The first-order valence-electron chi connectivity index (χ1n) is 4.64. The van der Waals surface area contributed by atoms with E-state index in [2.05, 4.69) is 31.4 Å². The van der Waals surface area contributed by atoms with Crippen molar-refractivity contribution in [2.24, 2.45) is 0 Å². The highest BCUT2D eigenvalue weighted by Crippen LogP contribution is 2.00. The summed E-state index contributed by atoms with van der Waals surface area (Å²) < 4.78 is 0. The Balaban J connectivity index is 3.23. The Kier molecular flexibility index (Phi) is 7.61. The van der Waals surface area contributed by atoms with Crippen LogP contribution in [0.15, 0.2) is 0 Å². The Morgan fingerprint density at radius 2 is 1.83 bits per heavy atom. The summed E-state index contributed by atoms with van der Waals surface area (Å²) in [7, 11) is 0. The van der Waals surface area contributed by atoms with Crippen molar-refractivity contribution >= 4 is 17.7 Å². The number of hydrogen-bond acceptors (Lipinski definition) is 2. The van der Waals surface area contributed by atoms with Gasteiger partial charge in [-0.05, 0) is 32.5 Å². The molecule has 0 N–H and O–H groups in total. The number of nitrogens with zero attached hydrogens (tertiary/aromatic N) is 1. The van der Waals surface area contributed by atoms with Crippen LogP contribution in [0.3, 0.4) is 0 Å². The van der Waals surface area contributed by atoms with Gasteiger partial charge < -0.3 is 4.90 Å². The fourth-order valence-corrected chi connectivity index (χ4v) is 1.31. The molecule has 12 heavy (non-hydrogen) atoms. The molecule has 0 heterocycles. The normalized spacial score (nSPS) is 10.7. The van der Waals surface area contributed by atoms with Crippen LogP contribution in [0.2, 0.25) is 0 Å². The van der Waals surface area contributed by atoms with Crippen molar-refractivity contribution in [3.63, 3.8) is 0 Å². The lowest BCUT2D eigenvalue weighted by molar-refractivity contribution is -0.110. The number of carbonyl (C=O) groups is 1. The highest BCUT2D eigenvalue weighted by atomic mass is 32.1. The van der Waals surface area contributed by atoms with Crippen LogP contribution in [0.5, 0.6) is 0 Å². The van der Waals surface area contributed by atoms with E-state index in [-0.39, 0.29) is 5.12 Å². The molecule has 0 atom stereocenters. The molecule has 0 amide bonds. The molecule has 0 aromatic rings. The van der Waals surface area contributed by atoms with Crippen molar-refractivity contribution in [1.82, 2.24) is 4.90 Å². The highest BCUT2D eigenvalue weighted by molar-refractivity contribution is 7.96. The van der Waals surface area contributed by atoms with Crippen LogP contribution in [0.4, 0.5) is 0 Å². The fraction of sp³-hybridized carbons (Fsp3) is 0.889. The molecular weight excluding hydrogens is 170 g/mol. The second kappa shape index (κ2) is 7.62. The van der Waals surface area contributed by atoms with Gasteiger partial charge in [0.05, 0.1) is 0 Å². The molecule has 0 saturated heterocycles. The maximum atomic E-state index is 10.5. The van der Waals surface area contributed by atoms with Crippen molar-refractivity contribution in [2.45, 2.75) is 33.1 Å². The van der Waals surface area contributed by atoms with E-state index in [1.165, 1.54) is 0 Å². The number of unbranched alkanes of at least 4 members (excludes halogenated alkanes) is 1. The van der Waals surface area contributed by atoms with E-state index in [1.807, 2.05) is 0 Å². The zero-order valence-corrected chi connectivity index (χ0v) is 8.94. The zero-order chi connectivity index (χ0) is 9.40. The molecule has 0 aromatic carbocycles. The Bertz CT molecular complexity index is 124. The van der Waals surface area contributed by atoms with Gasteiger partial charge >= 0.3 is 0 Å². The average Bonchev–Trinajstić information content (AvgIpc) is 2.04. The molecule has 0 aliphatic heterocycles. The van der Waals surface area contributed by atoms with Gasteiger partial charge in [0.2, 0.25) is 0 Å². The molecule has 0 radical (unpaired) electrons. The summed E-state index contributed by atoms with van der Waals surface area (Å²) in [4.78, 5) is 12.8. The van der Waals surface area contributed by atoms with Crippen molar-refractivity contribution in [1.29, 1.82) is 0 Å². The first-order chi connectivity index (χ1) is 5.70. The fourth-order valence-electron chi connectivity index (χ4n) is 1.15. The number of hydrogen-bond donors (Lipinski definition) is 1. The third-order valence-corrected chi connectivity index (χ3v) is 2.23. The molecule has 3 heteroatoms. The molecule has 72 valence electrons. The summed E-state index contributed by atoms with van der Waals surface area (Å²) in [5, 5.41) is 0.00884. The molecule has 0 spiro atoms. The maximum absolute atomic E-state index is 10.5. The van der Waals surface area contributed by atoms with Crippen LogP contribution in [0.1, 0.15) is 33.1 Å². The van der Waals surface area contributed by atoms with Crippen molar-refractivity contribution in [2.75, 3.05) is 19.6 Å². The minimum absolute atomic E-state index is 0.00884. The van der Waals surface area contributed by atoms with E-state index >= 15 is 0 Å². The summed E-state index contributed by atoms with van der Waals surface area (Å²) in [6.07, 6.45) is 2.69. The minimum atomic E-state index is 0.00884. The molecule has 0 saturated carbocycles. The maximum Gasteiger partial charge on any atom is 0.185 e. The lowest BCUT2D eigenvalue weighted by Crippen LogP contribution is -2.23.